The van der Waals surface area contributed by atoms with Crippen LogP contribution < -0.4 is 29.7 Å². The van der Waals surface area contributed by atoms with Gasteiger partial charge < -0.3 is 29.7 Å². The van der Waals surface area contributed by atoms with Gasteiger partial charge in [0, 0.05) is 30.9 Å². The Hall–Kier alpha value is -2.36. The van der Waals surface area contributed by atoms with E-state index in [9.17, 15) is 0 Å². The molecule has 0 radical (unpaired) electrons. The molecule has 1 heterocycles. The van der Waals surface area contributed by atoms with E-state index in [0.29, 0.717) is 23.8 Å². The second kappa shape index (κ2) is 13.4. The van der Waals surface area contributed by atoms with Gasteiger partial charge in [-0.05, 0) is 56.5 Å². The number of rotatable bonds is 9. The number of aliphatic imine (C=N–C) groups is 1. The van der Waals surface area contributed by atoms with Crippen molar-refractivity contribution < 1.29 is 14.2 Å². The molecule has 1 aliphatic rings. The van der Waals surface area contributed by atoms with Crippen LogP contribution in [-0.2, 0) is 6.54 Å². The van der Waals surface area contributed by atoms with E-state index < -0.39 is 0 Å². The topological polar surface area (TPSA) is 67.4 Å². The van der Waals surface area contributed by atoms with Crippen molar-refractivity contribution in [2.75, 3.05) is 45.9 Å². The number of methoxy groups -OCH3 is 3. The molecule has 1 saturated heterocycles. The molecular weight excluding hydrogens is 531 g/mol. The van der Waals surface area contributed by atoms with Crippen LogP contribution in [-0.4, -0.2) is 46.9 Å². The first-order chi connectivity index (χ1) is 15.6. The van der Waals surface area contributed by atoms with Gasteiger partial charge in [0.25, 0.3) is 0 Å². The highest BCUT2D eigenvalue weighted by atomic mass is 127. The van der Waals surface area contributed by atoms with Crippen molar-refractivity contribution >= 4 is 35.6 Å². The van der Waals surface area contributed by atoms with Gasteiger partial charge in [-0.3, -0.25) is 0 Å². The fraction of sp³-hybridized carbons (Fsp3) is 0.480. The number of halogens is 1. The molecule has 1 aliphatic heterocycles. The maximum Gasteiger partial charge on any atom is 0.203 e. The molecule has 0 spiro atoms. The zero-order chi connectivity index (χ0) is 22.9. The molecule has 33 heavy (non-hydrogen) atoms. The van der Waals surface area contributed by atoms with Gasteiger partial charge in [0.2, 0.25) is 5.75 Å². The molecule has 0 bridgehead atoms. The lowest BCUT2D eigenvalue weighted by molar-refractivity contribution is 0.322. The minimum absolute atomic E-state index is 0. The minimum Gasteiger partial charge on any atom is -0.493 e. The first-order valence-corrected chi connectivity index (χ1v) is 11.3. The third-order valence-corrected chi connectivity index (χ3v) is 5.73. The van der Waals surface area contributed by atoms with Crippen LogP contribution in [0.5, 0.6) is 17.2 Å². The van der Waals surface area contributed by atoms with E-state index in [1.165, 1.54) is 24.1 Å². The van der Waals surface area contributed by atoms with Gasteiger partial charge in [-0.15, -0.1) is 24.0 Å². The molecular formula is C25H37IN4O3. The van der Waals surface area contributed by atoms with Gasteiger partial charge in [0.15, 0.2) is 17.5 Å². The Balaban J connectivity index is 0.00000385. The highest BCUT2D eigenvalue weighted by Gasteiger charge is 2.17. The molecule has 7 nitrogen and oxygen atoms in total. The maximum absolute atomic E-state index is 5.59. The number of nitrogens with zero attached hydrogens (tertiary/aromatic N) is 2. The van der Waals surface area contributed by atoms with Crippen molar-refractivity contribution in [1.82, 2.24) is 10.6 Å². The van der Waals surface area contributed by atoms with Gasteiger partial charge in [0.1, 0.15) is 0 Å². The SMILES string of the molecule is CCNC(=NCc1ccc(OC)c(OC)c1OC)NC(C)c1cccc(N2CCCC2)c1.I. The summed E-state index contributed by atoms with van der Waals surface area (Å²) in [6.45, 7) is 7.72. The summed E-state index contributed by atoms with van der Waals surface area (Å²) in [5.74, 6) is 2.60. The van der Waals surface area contributed by atoms with Crippen LogP contribution in [0.2, 0.25) is 0 Å². The second-order valence-corrected chi connectivity index (χ2v) is 7.84. The van der Waals surface area contributed by atoms with Gasteiger partial charge in [-0.1, -0.05) is 12.1 Å². The van der Waals surface area contributed by atoms with Crippen LogP contribution in [0.15, 0.2) is 41.4 Å². The largest absolute Gasteiger partial charge is 0.493 e. The van der Waals surface area contributed by atoms with Crippen LogP contribution >= 0.6 is 24.0 Å². The Labute approximate surface area is 214 Å². The summed E-state index contributed by atoms with van der Waals surface area (Å²) in [4.78, 5) is 7.25. The lowest BCUT2D eigenvalue weighted by atomic mass is 10.1. The molecule has 0 aromatic heterocycles. The molecule has 1 unspecified atom stereocenters. The van der Waals surface area contributed by atoms with Crippen molar-refractivity contribution in [2.45, 2.75) is 39.3 Å². The molecule has 2 aromatic carbocycles. The summed E-state index contributed by atoms with van der Waals surface area (Å²) >= 11 is 0. The van der Waals surface area contributed by atoms with Gasteiger partial charge in [-0.2, -0.15) is 0 Å². The molecule has 0 aliphatic carbocycles. The molecule has 8 heteroatoms. The third kappa shape index (κ3) is 6.82. The van der Waals surface area contributed by atoms with Crippen LogP contribution in [0.1, 0.15) is 43.9 Å². The summed E-state index contributed by atoms with van der Waals surface area (Å²) in [7, 11) is 4.85. The van der Waals surface area contributed by atoms with Crippen molar-refractivity contribution in [3.05, 3.63) is 47.5 Å². The number of nitrogens with one attached hydrogen (secondary N) is 2. The van der Waals surface area contributed by atoms with Crippen molar-refractivity contribution in [3.8, 4) is 17.2 Å². The zero-order valence-corrected chi connectivity index (χ0v) is 22.6. The number of guanidine groups is 1. The normalized spacial score (nSPS) is 14.3. The predicted octanol–water partition coefficient (Wildman–Crippen LogP) is 4.75. The number of benzene rings is 2. The van der Waals surface area contributed by atoms with Crippen LogP contribution in [0.25, 0.3) is 0 Å². The lowest BCUT2D eigenvalue weighted by Crippen LogP contribution is -2.38. The summed E-state index contributed by atoms with van der Waals surface area (Å²) in [5, 5.41) is 6.88. The van der Waals surface area contributed by atoms with E-state index in [2.05, 4.69) is 53.6 Å². The zero-order valence-electron chi connectivity index (χ0n) is 20.3. The average Bonchev–Trinajstić information content (AvgIpc) is 3.37. The van der Waals surface area contributed by atoms with E-state index in [1.54, 1.807) is 21.3 Å². The molecule has 0 amide bonds. The summed E-state index contributed by atoms with van der Waals surface area (Å²) < 4.78 is 16.5. The number of hydrogen-bond donors (Lipinski definition) is 2. The van der Waals surface area contributed by atoms with Crippen molar-refractivity contribution in [1.29, 1.82) is 0 Å². The Morgan fingerprint density at radius 3 is 2.39 bits per heavy atom. The molecule has 2 aromatic rings. The molecule has 0 saturated carbocycles. The molecule has 3 rings (SSSR count). The highest BCUT2D eigenvalue weighted by molar-refractivity contribution is 14.0. The minimum atomic E-state index is 0. The fourth-order valence-electron chi connectivity index (χ4n) is 4.03. The third-order valence-electron chi connectivity index (χ3n) is 5.73. The summed E-state index contributed by atoms with van der Waals surface area (Å²) in [5.41, 5.74) is 3.46. The fourth-order valence-corrected chi connectivity index (χ4v) is 4.03. The number of ether oxygens (including phenoxy) is 3. The smallest absolute Gasteiger partial charge is 0.203 e. The van der Waals surface area contributed by atoms with E-state index in [4.69, 9.17) is 19.2 Å². The van der Waals surface area contributed by atoms with E-state index in [-0.39, 0.29) is 30.0 Å². The first kappa shape index (κ1) is 26.9. The maximum atomic E-state index is 5.59. The molecule has 182 valence electrons. The van der Waals surface area contributed by atoms with Crippen molar-refractivity contribution in [3.63, 3.8) is 0 Å². The van der Waals surface area contributed by atoms with Crippen molar-refractivity contribution in [2.24, 2.45) is 4.99 Å². The van der Waals surface area contributed by atoms with Crippen LogP contribution in [0.3, 0.4) is 0 Å². The van der Waals surface area contributed by atoms with Crippen LogP contribution in [0.4, 0.5) is 5.69 Å². The summed E-state index contributed by atoms with van der Waals surface area (Å²) in [6, 6.07) is 12.7. The number of hydrogen-bond acceptors (Lipinski definition) is 5. The molecule has 1 fully saturated rings. The Morgan fingerprint density at radius 1 is 1.03 bits per heavy atom. The second-order valence-electron chi connectivity index (χ2n) is 7.84. The Kier molecular flexibility index (Phi) is 10.9. The molecule has 1 atom stereocenters. The van der Waals surface area contributed by atoms with Gasteiger partial charge in [0.05, 0.1) is 33.9 Å². The summed E-state index contributed by atoms with van der Waals surface area (Å²) in [6.07, 6.45) is 2.55. The number of anilines is 1. The highest BCUT2D eigenvalue weighted by Crippen LogP contribution is 2.40. The predicted molar refractivity (Wildman–Crippen MR) is 146 cm³/mol. The standard InChI is InChI=1S/C25H36N4O3.HI/c1-6-26-25(27-17-20-12-13-22(30-3)24(32-5)23(20)31-4)28-18(2)19-10-9-11-21(16-19)29-14-7-8-15-29;/h9-13,16,18H,6-8,14-15,17H2,1-5H3,(H2,26,27,28);1H. The quantitative estimate of drug-likeness (QED) is 0.259. The average molecular weight is 569 g/mol. The first-order valence-electron chi connectivity index (χ1n) is 11.3. The lowest BCUT2D eigenvalue weighted by Gasteiger charge is -2.22. The van der Waals surface area contributed by atoms with E-state index >= 15 is 0 Å². The van der Waals surface area contributed by atoms with E-state index in [1.807, 2.05) is 12.1 Å². The Bertz CT molecular complexity index is 917. The van der Waals surface area contributed by atoms with Gasteiger partial charge >= 0.3 is 0 Å². The van der Waals surface area contributed by atoms with E-state index in [0.717, 1.165) is 31.2 Å². The Morgan fingerprint density at radius 2 is 1.76 bits per heavy atom. The van der Waals surface area contributed by atoms with Gasteiger partial charge in [-0.25, -0.2) is 4.99 Å². The van der Waals surface area contributed by atoms with Crippen LogP contribution in [0, 0.1) is 0 Å². The monoisotopic (exact) mass is 568 g/mol. The molecule has 2 N–H and O–H groups in total.